The summed E-state index contributed by atoms with van der Waals surface area (Å²) in [7, 11) is 0. The predicted octanol–water partition coefficient (Wildman–Crippen LogP) is 4.32. The van der Waals surface area contributed by atoms with E-state index in [4.69, 9.17) is 4.74 Å². The minimum absolute atomic E-state index is 0.00438. The topological polar surface area (TPSA) is 131 Å². The van der Waals surface area contributed by atoms with Crippen LogP contribution < -0.4 is 10.2 Å². The van der Waals surface area contributed by atoms with Crippen molar-refractivity contribution >= 4 is 38.8 Å². The maximum Gasteiger partial charge on any atom is 0.305 e. The molecule has 1 atom stereocenters. The van der Waals surface area contributed by atoms with Gasteiger partial charge in [0.05, 0.1) is 34.6 Å². The molecule has 4 aromatic rings. The van der Waals surface area contributed by atoms with Crippen LogP contribution in [0.1, 0.15) is 65.0 Å². The van der Waals surface area contributed by atoms with E-state index in [0.717, 1.165) is 61.7 Å². The Morgan fingerprint density at radius 1 is 1.17 bits per heavy atom. The number of fused-ring (bicyclic) bond motifs is 1. The van der Waals surface area contributed by atoms with Crippen LogP contribution in [0.15, 0.2) is 46.6 Å². The van der Waals surface area contributed by atoms with E-state index in [-0.39, 0.29) is 22.1 Å². The number of carbonyl (C=O) groups is 1. The number of hydrogen-bond acceptors (Lipinski definition) is 10. The Morgan fingerprint density at radius 2 is 1.98 bits per heavy atom. The second-order valence-electron chi connectivity index (χ2n) is 12.9. The third-order valence-electron chi connectivity index (χ3n) is 8.93. The number of H-pyrrole nitrogens is 1. The van der Waals surface area contributed by atoms with Crippen molar-refractivity contribution in [3.8, 4) is 5.75 Å². The van der Waals surface area contributed by atoms with Crippen molar-refractivity contribution in [2.45, 2.75) is 57.8 Å². The van der Waals surface area contributed by atoms with Crippen molar-refractivity contribution in [2.24, 2.45) is 5.92 Å². The standard InChI is InChI=1S/C34H43N5O5S2/c1-22(2)16-29-36-26(20-45-29)32(42)39-14-15-44-34(21-39)9-12-38(13-10-34)19-24-5-3-4-23(17-24)8-11-35-18-28(41)25-6-7-27(40)30-31(25)46-33(43)37-30/h3-7,17,20,22,28,35,40-41H,8-16,18-19,21H2,1-2H3,(H,37,43). The molecule has 1 amide bonds. The summed E-state index contributed by atoms with van der Waals surface area (Å²) in [6.07, 6.45) is 2.71. The number of hydrogen-bond donors (Lipinski definition) is 4. The summed E-state index contributed by atoms with van der Waals surface area (Å²) < 4.78 is 6.92. The first kappa shape index (κ1) is 32.8. The normalized spacial score (nSPS) is 17.7. The highest BCUT2D eigenvalue weighted by molar-refractivity contribution is 7.16. The van der Waals surface area contributed by atoms with Crippen LogP contribution in [0.25, 0.3) is 10.2 Å². The average molecular weight is 666 g/mol. The molecular formula is C34H43N5O5S2. The number of aliphatic hydroxyl groups excluding tert-OH is 1. The van der Waals surface area contributed by atoms with Gasteiger partial charge < -0.3 is 30.2 Å². The smallest absolute Gasteiger partial charge is 0.305 e. The highest BCUT2D eigenvalue weighted by atomic mass is 32.1. The Morgan fingerprint density at radius 3 is 2.78 bits per heavy atom. The second kappa shape index (κ2) is 14.3. The summed E-state index contributed by atoms with van der Waals surface area (Å²) in [5, 5.41) is 27.0. The molecule has 2 aromatic carbocycles. The van der Waals surface area contributed by atoms with Crippen LogP contribution in [0, 0.1) is 5.92 Å². The second-order valence-corrected chi connectivity index (χ2v) is 14.9. The lowest BCUT2D eigenvalue weighted by atomic mass is 9.89. The van der Waals surface area contributed by atoms with Crippen LogP contribution in [0.4, 0.5) is 0 Å². The fourth-order valence-electron chi connectivity index (χ4n) is 6.48. The van der Waals surface area contributed by atoms with E-state index in [2.05, 4.69) is 58.3 Å². The molecule has 2 saturated heterocycles. The lowest BCUT2D eigenvalue weighted by molar-refractivity contribution is -0.128. The van der Waals surface area contributed by atoms with Gasteiger partial charge in [-0.2, -0.15) is 0 Å². The van der Waals surface area contributed by atoms with Gasteiger partial charge in [0.25, 0.3) is 5.91 Å². The summed E-state index contributed by atoms with van der Waals surface area (Å²) >= 11 is 2.57. The highest BCUT2D eigenvalue weighted by Crippen LogP contribution is 2.33. The van der Waals surface area contributed by atoms with Crippen LogP contribution in [0.5, 0.6) is 5.75 Å². The molecule has 0 aliphatic carbocycles. The number of carbonyl (C=O) groups excluding carboxylic acids is 1. The molecule has 1 spiro atoms. The lowest BCUT2D eigenvalue weighted by Crippen LogP contribution is -2.58. The van der Waals surface area contributed by atoms with Gasteiger partial charge in [0.15, 0.2) is 0 Å². The van der Waals surface area contributed by atoms with E-state index >= 15 is 0 Å². The summed E-state index contributed by atoms with van der Waals surface area (Å²) in [6, 6.07) is 11.8. The number of amides is 1. The molecule has 4 N–H and O–H groups in total. The van der Waals surface area contributed by atoms with E-state index in [0.29, 0.717) is 60.2 Å². The minimum atomic E-state index is -0.795. The number of benzene rings is 2. The van der Waals surface area contributed by atoms with Crippen molar-refractivity contribution < 1.29 is 19.7 Å². The number of piperidine rings is 1. The van der Waals surface area contributed by atoms with E-state index in [9.17, 15) is 19.8 Å². The van der Waals surface area contributed by atoms with Crippen LogP contribution in [0.2, 0.25) is 0 Å². The van der Waals surface area contributed by atoms with Gasteiger partial charge >= 0.3 is 4.87 Å². The van der Waals surface area contributed by atoms with Crippen LogP contribution in [0.3, 0.4) is 0 Å². The largest absolute Gasteiger partial charge is 0.506 e. The summed E-state index contributed by atoms with van der Waals surface area (Å²) in [5.74, 6) is 0.543. The first-order valence-corrected chi connectivity index (χ1v) is 17.8. The Balaban J connectivity index is 0.962. The summed E-state index contributed by atoms with van der Waals surface area (Å²) in [4.78, 5) is 36.5. The van der Waals surface area contributed by atoms with Gasteiger partial charge in [-0.1, -0.05) is 55.5 Å². The number of likely N-dealkylation sites (tertiary alicyclic amines) is 1. The maximum absolute atomic E-state index is 13.3. The Labute approximate surface area is 277 Å². The molecule has 2 aliphatic rings. The highest BCUT2D eigenvalue weighted by Gasteiger charge is 2.41. The minimum Gasteiger partial charge on any atom is -0.506 e. The lowest BCUT2D eigenvalue weighted by Gasteiger charge is -2.47. The molecule has 1 unspecified atom stereocenters. The molecule has 0 saturated carbocycles. The van der Waals surface area contributed by atoms with Crippen molar-refractivity contribution in [2.75, 3.05) is 45.9 Å². The number of ether oxygens (including phenoxy) is 1. The zero-order valence-electron chi connectivity index (χ0n) is 26.5. The van der Waals surface area contributed by atoms with E-state index in [1.165, 1.54) is 17.2 Å². The fraction of sp³-hybridized carbons (Fsp3) is 0.500. The maximum atomic E-state index is 13.3. The number of nitrogens with zero attached hydrogens (tertiary/aromatic N) is 3. The zero-order valence-corrected chi connectivity index (χ0v) is 28.1. The van der Waals surface area contributed by atoms with Crippen molar-refractivity contribution in [3.63, 3.8) is 0 Å². The van der Waals surface area contributed by atoms with Crippen molar-refractivity contribution in [1.29, 1.82) is 0 Å². The van der Waals surface area contributed by atoms with Gasteiger partial charge in [0.2, 0.25) is 0 Å². The molecule has 12 heteroatoms. The van der Waals surface area contributed by atoms with Crippen molar-refractivity contribution in [1.82, 2.24) is 25.1 Å². The van der Waals surface area contributed by atoms with E-state index < -0.39 is 6.10 Å². The molecular weight excluding hydrogens is 623 g/mol. The Bertz CT molecular complexity index is 1710. The molecule has 2 aliphatic heterocycles. The van der Waals surface area contributed by atoms with Gasteiger partial charge in [-0.15, -0.1) is 11.3 Å². The SMILES string of the molecule is CC(C)Cc1nc(C(=O)N2CCOC3(CCN(Cc4cccc(CCNCC(O)c5ccc(O)c6[nH]c(=O)sc56)c4)CC3)C2)cs1. The first-order valence-electron chi connectivity index (χ1n) is 16.1. The number of aromatic amines is 1. The van der Waals surface area contributed by atoms with Crippen LogP contribution >= 0.6 is 22.7 Å². The van der Waals surface area contributed by atoms with Crippen LogP contribution in [-0.2, 0) is 24.1 Å². The number of thiazole rings is 2. The van der Waals surface area contributed by atoms with Gasteiger partial charge in [0.1, 0.15) is 17.0 Å². The first-order chi connectivity index (χ1) is 22.2. The molecule has 46 heavy (non-hydrogen) atoms. The van der Waals surface area contributed by atoms with Gasteiger partial charge in [-0.05, 0) is 48.9 Å². The third kappa shape index (κ3) is 7.70. The number of nitrogens with one attached hydrogen (secondary N) is 2. The van der Waals surface area contributed by atoms with Gasteiger partial charge in [-0.3, -0.25) is 14.5 Å². The summed E-state index contributed by atoms with van der Waals surface area (Å²) in [6.45, 7) is 9.87. The monoisotopic (exact) mass is 665 g/mol. The van der Waals surface area contributed by atoms with E-state index in [1.54, 1.807) is 17.4 Å². The molecule has 2 aromatic heterocycles. The number of phenolic OH excluding ortho intramolecular Hbond substituents is 1. The zero-order chi connectivity index (χ0) is 32.3. The fourth-order valence-corrected chi connectivity index (χ4v) is 8.38. The molecule has 10 nitrogen and oxygen atoms in total. The molecule has 6 rings (SSSR count). The molecule has 246 valence electrons. The third-order valence-corrected chi connectivity index (χ3v) is 10.7. The number of phenols is 1. The predicted molar refractivity (Wildman–Crippen MR) is 182 cm³/mol. The molecule has 2 fully saturated rings. The number of aromatic nitrogens is 2. The van der Waals surface area contributed by atoms with Gasteiger partial charge in [-0.25, -0.2) is 4.98 Å². The van der Waals surface area contributed by atoms with Crippen molar-refractivity contribution in [3.05, 3.63) is 78.8 Å². The van der Waals surface area contributed by atoms with Gasteiger partial charge in [0, 0.05) is 50.1 Å². The number of aliphatic hydroxyl groups is 1. The molecule has 4 heterocycles. The average Bonchev–Trinajstić information content (AvgIpc) is 3.67. The Kier molecular flexibility index (Phi) is 10.2. The number of morpholine rings is 1. The summed E-state index contributed by atoms with van der Waals surface area (Å²) in [5.41, 5.74) is 3.78. The quantitative estimate of drug-likeness (QED) is 0.174. The number of rotatable bonds is 11. The molecule has 0 bridgehead atoms. The molecule has 0 radical (unpaired) electrons. The van der Waals surface area contributed by atoms with Crippen LogP contribution in [-0.4, -0.2) is 87.4 Å². The Hall–Kier alpha value is -3.13. The number of aromatic hydroxyl groups is 1. The van der Waals surface area contributed by atoms with E-state index in [1.807, 2.05) is 10.3 Å².